The lowest BCUT2D eigenvalue weighted by Gasteiger charge is -2.07. The van der Waals surface area contributed by atoms with E-state index in [-0.39, 0.29) is 49.8 Å². The van der Waals surface area contributed by atoms with E-state index < -0.39 is 0 Å². The van der Waals surface area contributed by atoms with Crippen molar-refractivity contribution in [1.82, 2.24) is 21.3 Å². The predicted octanol–water partition coefficient (Wildman–Crippen LogP) is -1.42. The van der Waals surface area contributed by atoms with Crippen LogP contribution in [0.4, 0.5) is 0 Å². The number of hydrogen-bond acceptors (Lipinski definition) is 4. The topological polar surface area (TPSA) is 120 Å². The van der Waals surface area contributed by atoms with E-state index in [9.17, 15) is 19.2 Å². The Kier molecular flexibility index (Phi) is 8.93. The van der Waals surface area contributed by atoms with Gasteiger partial charge in [-0.25, -0.2) is 4.57 Å². The first kappa shape index (κ1) is 21.6. The fourth-order valence-corrected chi connectivity index (χ4v) is 2.04. The molecule has 0 aliphatic rings. The minimum atomic E-state index is -0.369. The number of pyridine rings is 1. The maximum Gasteiger partial charge on any atom is 0.257 e. The van der Waals surface area contributed by atoms with Crippen LogP contribution >= 0.6 is 0 Å². The van der Waals surface area contributed by atoms with Crippen LogP contribution in [0.5, 0.6) is 0 Å². The van der Waals surface area contributed by atoms with E-state index in [1.807, 2.05) is 0 Å². The Morgan fingerprint density at radius 2 is 1.19 bits per heavy atom. The average Bonchev–Trinajstić information content (AvgIpc) is 2.67. The van der Waals surface area contributed by atoms with Gasteiger partial charge >= 0.3 is 0 Å². The van der Waals surface area contributed by atoms with Crippen molar-refractivity contribution >= 4 is 23.6 Å². The van der Waals surface area contributed by atoms with Crippen LogP contribution in [0.1, 0.15) is 20.7 Å². The molecule has 0 aliphatic heterocycles. The third kappa shape index (κ3) is 7.95. The number of carbonyl (C=O) groups excluding carboxylic acids is 4. The molecule has 4 amide bonds. The Bertz CT molecular complexity index is 687. The number of aromatic nitrogens is 1. The molecule has 0 bridgehead atoms. The predicted molar refractivity (Wildman–Crippen MR) is 98.7 cm³/mol. The Morgan fingerprint density at radius 3 is 1.56 bits per heavy atom. The second-order valence-electron chi connectivity index (χ2n) is 5.48. The van der Waals surface area contributed by atoms with Gasteiger partial charge in [-0.15, -0.1) is 0 Å². The zero-order chi connectivity index (χ0) is 20.2. The van der Waals surface area contributed by atoms with Crippen LogP contribution in [0, 0.1) is 0 Å². The summed E-state index contributed by atoms with van der Waals surface area (Å²) in [5.74, 6) is -1.38. The summed E-state index contributed by atoms with van der Waals surface area (Å²) >= 11 is 0. The molecule has 1 rings (SSSR count). The van der Waals surface area contributed by atoms with Crippen molar-refractivity contribution in [2.24, 2.45) is 7.05 Å². The highest BCUT2D eigenvalue weighted by Crippen LogP contribution is 2.01. The van der Waals surface area contributed by atoms with Crippen LogP contribution in [-0.2, 0) is 16.6 Å². The smallest absolute Gasteiger partial charge is 0.257 e. The first-order valence-corrected chi connectivity index (χ1v) is 8.24. The number of nitrogens with one attached hydrogen (secondary N) is 4. The Morgan fingerprint density at radius 1 is 0.815 bits per heavy atom. The molecule has 1 aromatic rings. The van der Waals surface area contributed by atoms with Gasteiger partial charge in [0.15, 0.2) is 12.4 Å². The molecule has 0 saturated carbocycles. The molecule has 0 spiro atoms. The number of hydrogen-bond donors (Lipinski definition) is 4. The van der Waals surface area contributed by atoms with Crippen LogP contribution in [0.3, 0.4) is 0 Å². The van der Waals surface area contributed by atoms with Crippen LogP contribution in [0.25, 0.3) is 0 Å². The molecule has 0 aromatic carbocycles. The number of rotatable bonds is 10. The molecule has 144 valence electrons. The summed E-state index contributed by atoms with van der Waals surface area (Å²) in [6.07, 6.45) is 5.46. The lowest BCUT2D eigenvalue weighted by molar-refractivity contribution is -0.671. The number of amides is 4. The second-order valence-corrected chi connectivity index (χ2v) is 5.48. The van der Waals surface area contributed by atoms with E-state index in [0.717, 1.165) is 12.2 Å². The van der Waals surface area contributed by atoms with E-state index in [0.29, 0.717) is 11.1 Å². The third-order valence-electron chi connectivity index (χ3n) is 3.31. The Labute approximate surface area is 157 Å². The minimum absolute atomic E-state index is 0.238. The molecule has 0 radical (unpaired) electrons. The van der Waals surface area contributed by atoms with Gasteiger partial charge in [0.05, 0.1) is 0 Å². The normalized spacial score (nSPS) is 9.67. The summed E-state index contributed by atoms with van der Waals surface area (Å²) in [5.41, 5.74) is 0.611. The van der Waals surface area contributed by atoms with Crippen LogP contribution < -0.4 is 25.8 Å². The fraction of sp³-hybridized carbons (Fsp3) is 0.278. The fourth-order valence-electron chi connectivity index (χ4n) is 2.04. The van der Waals surface area contributed by atoms with Gasteiger partial charge in [0, 0.05) is 26.2 Å². The maximum atomic E-state index is 12.2. The maximum absolute atomic E-state index is 12.2. The summed E-state index contributed by atoms with van der Waals surface area (Å²) in [7, 11) is 1.70. The van der Waals surface area contributed by atoms with Crippen molar-refractivity contribution in [3.05, 3.63) is 54.9 Å². The van der Waals surface area contributed by atoms with Gasteiger partial charge in [0.25, 0.3) is 11.8 Å². The summed E-state index contributed by atoms with van der Waals surface area (Å²) in [6.45, 7) is 7.67. The number of nitrogens with zero attached hydrogens (tertiary/aromatic N) is 1. The third-order valence-corrected chi connectivity index (χ3v) is 3.31. The van der Waals surface area contributed by atoms with Gasteiger partial charge in [-0.2, -0.15) is 0 Å². The molecule has 27 heavy (non-hydrogen) atoms. The van der Waals surface area contributed by atoms with Crippen molar-refractivity contribution in [1.29, 1.82) is 0 Å². The van der Waals surface area contributed by atoms with Crippen molar-refractivity contribution < 1.29 is 23.7 Å². The van der Waals surface area contributed by atoms with E-state index in [4.69, 9.17) is 0 Å². The minimum Gasteiger partial charge on any atom is -0.351 e. The Hall–Kier alpha value is -3.49. The molecule has 4 N–H and O–H groups in total. The van der Waals surface area contributed by atoms with Gasteiger partial charge in [0.1, 0.15) is 18.2 Å². The molecule has 1 heterocycles. The number of carbonyl (C=O) groups is 4. The van der Waals surface area contributed by atoms with E-state index in [2.05, 4.69) is 34.4 Å². The van der Waals surface area contributed by atoms with E-state index in [1.54, 1.807) is 24.0 Å². The molecule has 9 heteroatoms. The summed E-state index contributed by atoms with van der Waals surface area (Å²) in [4.78, 5) is 46.5. The first-order chi connectivity index (χ1) is 12.9. The summed E-state index contributed by atoms with van der Waals surface area (Å²) < 4.78 is 1.60. The SMILES string of the molecule is C=CC(=O)NCCNC(=O)c1cc(C(=O)NCCNC(=O)C=C)c[n+](C)c1. The Balaban J connectivity index is 2.59. The molecule has 0 unspecified atom stereocenters. The highest BCUT2D eigenvalue weighted by molar-refractivity contribution is 5.98. The molecular weight excluding hydrogens is 350 g/mol. The van der Waals surface area contributed by atoms with Crippen molar-refractivity contribution in [2.45, 2.75) is 0 Å². The standard InChI is InChI=1S/C18H23N5O4/c1-4-15(24)19-6-8-21-17(26)13-10-14(12-23(3)11-13)18(27)22-9-7-20-16(25)5-2/h4-5,10-12H,1-2,6-9H2,3H3,(H3-,19,20,21,22,24,25,26,27)/p+1. The highest BCUT2D eigenvalue weighted by atomic mass is 16.2. The molecule has 1 aromatic heterocycles. The summed E-state index contributed by atoms with van der Waals surface area (Å²) in [6, 6.07) is 1.47. The number of aryl methyl sites for hydroxylation is 1. The molecule has 9 nitrogen and oxygen atoms in total. The van der Waals surface area contributed by atoms with Crippen LogP contribution in [-0.4, -0.2) is 49.8 Å². The lowest BCUT2D eigenvalue weighted by Crippen LogP contribution is -2.38. The molecular formula is C18H24N5O4+. The monoisotopic (exact) mass is 374 g/mol. The second kappa shape index (κ2) is 11.2. The molecule has 0 fully saturated rings. The van der Waals surface area contributed by atoms with Gasteiger partial charge in [-0.05, 0) is 18.2 Å². The van der Waals surface area contributed by atoms with Gasteiger partial charge in [0.2, 0.25) is 11.8 Å². The molecule has 0 saturated heterocycles. The van der Waals surface area contributed by atoms with Crippen molar-refractivity contribution in [3.8, 4) is 0 Å². The zero-order valence-electron chi connectivity index (χ0n) is 15.2. The zero-order valence-corrected chi connectivity index (χ0v) is 15.2. The largest absolute Gasteiger partial charge is 0.351 e. The average molecular weight is 374 g/mol. The van der Waals surface area contributed by atoms with Crippen molar-refractivity contribution in [2.75, 3.05) is 26.2 Å². The molecule has 0 aliphatic carbocycles. The van der Waals surface area contributed by atoms with Gasteiger partial charge < -0.3 is 21.3 Å². The lowest BCUT2D eigenvalue weighted by atomic mass is 10.1. The summed E-state index contributed by atoms with van der Waals surface area (Å²) in [5, 5.41) is 10.4. The first-order valence-electron chi connectivity index (χ1n) is 8.24. The van der Waals surface area contributed by atoms with E-state index >= 15 is 0 Å². The van der Waals surface area contributed by atoms with Crippen LogP contribution in [0.15, 0.2) is 43.8 Å². The van der Waals surface area contributed by atoms with Gasteiger partial charge in [-0.3, -0.25) is 19.2 Å². The van der Waals surface area contributed by atoms with Crippen molar-refractivity contribution in [3.63, 3.8) is 0 Å². The van der Waals surface area contributed by atoms with E-state index in [1.165, 1.54) is 6.07 Å². The quantitative estimate of drug-likeness (QED) is 0.228. The van der Waals surface area contributed by atoms with Crippen LogP contribution in [0.2, 0.25) is 0 Å². The highest BCUT2D eigenvalue weighted by Gasteiger charge is 2.16. The van der Waals surface area contributed by atoms with Gasteiger partial charge in [-0.1, -0.05) is 13.2 Å². The molecule has 0 atom stereocenters.